The number of carbonyl (C=O) groups is 2. The van der Waals surface area contributed by atoms with Gasteiger partial charge < -0.3 is 9.46 Å². The molecule has 102 valence electrons. The van der Waals surface area contributed by atoms with Crippen molar-refractivity contribution in [2.45, 2.75) is 25.5 Å². The molecule has 1 N–H and O–H groups in total. The molecule has 2 amide bonds. The predicted molar refractivity (Wildman–Crippen MR) is 73.5 cm³/mol. The van der Waals surface area contributed by atoms with E-state index >= 15 is 0 Å². The first-order chi connectivity index (χ1) is 9.22. The van der Waals surface area contributed by atoms with Crippen LogP contribution in [0.3, 0.4) is 0 Å². The quantitative estimate of drug-likeness (QED) is 0.829. The number of nitrogens with zero attached hydrogens (tertiary/aromatic N) is 1. The molecule has 0 radical (unpaired) electrons. The van der Waals surface area contributed by atoms with Crippen molar-refractivity contribution < 1.29 is 14.3 Å². The highest BCUT2D eigenvalue weighted by atomic mass is 32.1. The third kappa shape index (κ3) is 3.41. The maximum absolute atomic E-state index is 11.9. The lowest BCUT2D eigenvalue weighted by Gasteiger charge is -2.22. The minimum absolute atomic E-state index is 0.214. The summed E-state index contributed by atoms with van der Waals surface area (Å²) in [5, 5.41) is 0. The molecule has 2 rings (SSSR count). The smallest absolute Gasteiger partial charge is 0.410 e. The first-order valence-electron chi connectivity index (χ1n) is 6.13. The highest BCUT2D eigenvalue weighted by molar-refractivity contribution is 7.78. The van der Waals surface area contributed by atoms with Crippen LogP contribution in [0.5, 0.6) is 0 Å². The molecule has 0 saturated carbocycles. The highest BCUT2D eigenvalue weighted by Gasteiger charge is 2.34. The van der Waals surface area contributed by atoms with E-state index in [4.69, 9.17) is 4.74 Å². The maximum atomic E-state index is 11.9. The van der Waals surface area contributed by atoms with Crippen molar-refractivity contribution in [3.05, 3.63) is 35.9 Å². The summed E-state index contributed by atoms with van der Waals surface area (Å²) in [4.78, 5) is 25.0. The summed E-state index contributed by atoms with van der Waals surface area (Å²) in [6.07, 6.45) is 0.988. The van der Waals surface area contributed by atoms with Crippen molar-refractivity contribution in [2.75, 3.05) is 6.54 Å². The number of carbonyl (C=O) groups excluding carboxylic acids is 2. The molecule has 0 aliphatic carbocycles. The Hall–Kier alpha value is -1.69. The largest absolute Gasteiger partial charge is 0.445 e. The van der Waals surface area contributed by atoms with Gasteiger partial charge in [0, 0.05) is 6.54 Å². The van der Waals surface area contributed by atoms with Gasteiger partial charge in [0.25, 0.3) is 5.91 Å². The number of amides is 2. The van der Waals surface area contributed by atoms with Gasteiger partial charge >= 0.3 is 6.09 Å². The van der Waals surface area contributed by atoms with Crippen LogP contribution in [0.15, 0.2) is 30.3 Å². The Morgan fingerprint density at radius 1 is 1.37 bits per heavy atom. The standard InChI is InChI=1S/C13H16N2O3S/c16-12(14-19)11-7-4-8-15(11)13(17)18-9-10-5-2-1-3-6-10/h1-3,5-6,11,19H,4,7-9H2,(H,14,16). The average molecular weight is 280 g/mol. The lowest BCUT2D eigenvalue weighted by molar-refractivity contribution is -0.123. The van der Waals surface area contributed by atoms with Crippen LogP contribution in [0, 0.1) is 0 Å². The fourth-order valence-electron chi connectivity index (χ4n) is 2.13. The van der Waals surface area contributed by atoms with E-state index in [0.29, 0.717) is 13.0 Å². The Bertz CT molecular complexity index is 452. The fraction of sp³-hybridized carbons (Fsp3) is 0.385. The number of ether oxygens (including phenoxy) is 1. The van der Waals surface area contributed by atoms with Crippen LogP contribution in [-0.4, -0.2) is 29.5 Å². The Morgan fingerprint density at radius 3 is 2.79 bits per heavy atom. The van der Waals surface area contributed by atoms with Gasteiger partial charge in [-0.05, 0) is 18.4 Å². The first-order valence-corrected chi connectivity index (χ1v) is 6.58. The van der Waals surface area contributed by atoms with Crippen LogP contribution >= 0.6 is 12.8 Å². The zero-order valence-corrected chi connectivity index (χ0v) is 11.3. The molecular formula is C13H16N2O3S. The highest BCUT2D eigenvalue weighted by Crippen LogP contribution is 2.19. The van der Waals surface area contributed by atoms with Gasteiger partial charge in [-0.1, -0.05) is 43.1 Å². The molecule has 0 aromatic heterocycles. The van der Waals surface area contributed by atoms with Crippen molar-refractivity contribution in [3.63, 3.8) is 0 Å². The number of rotatable bonds is 3. The number of thiol groups is 1. The molecular weight excluding hydrogens is 264 g/mol. The number of hydrogen-bond acceptors (Lipinski definition) is 4. The third-order valence-corrected chi connectivity index (χ3v) is 3.33. The van der Waals surface area contributed by atoms with E-state index in [-0.39, 0.29) is 12.5 Å². The Kier molecular flexibility index (Phi) is 4.68. The summed E-state index contributed by atoms with van der Waals surface area (Å²) in [7, 11) is 0. The van der Waals surface area contributed by atoms with Gasteiger partial charge in [0.1, 0.15) is 12.6 Å². The molecule has 1 aliphatic heterocycles. The average Bonchev–Trinajstić information content (AvgIpc) is 2.94. The van der Waals surface area contributed by atoms with E-state index in [1.54, 1.807) is 0 Å². The van der Waals surface area contributed by atoms with Gasteiger partial charge in [-0.3, -0.25) is 9.69 Å². The molecule has 1 aromatic rings. The van der Waals surface area contributed by atoms with Crippen molar-refractivity contribution in [2.24, 2.45) is 0 Å². The predicted octanol–water partition coefficient (Wildman–Crippen LogP) is 1.75. The number of hydrogen-bond donors (Lipinski definition) is 2. The summed E-state index contributed by atoms with van der Waals surface area (Å²) < 4.78 is 7.49. The van der Waals surface area contributed by atoms with E-state index in [0.717, 1.165) is 12.0 Å². The maximum Gasteiger partial charge on any atom is 0.410 e. The van der Waals surface area contributed by atoms with Crippen LogP contribution in [-0.2, 0) is 16.1 Å². The van der Waals surface area contributed by atoms with Crippen LogP contribution < -0.4 is 4.72 Å². The molecule has 1 atom stereocenters. The Morgan fingerprint density at radius 2 is 2.11 bits per heavy atom. The van der Waals surface area contributed by atoms with Crippen LogP contribution in [0.2, 0.25) is 0 Å². The third-order valence-electron chi connectivity index (χ3n) is 3.11. The molecule has 1 saturated heterocycles. The second-order valence-electron chi connectivity index (χ2n) is 4.37. The SMILES string of the molecule is O=C(NS)C1CCCN1C(=O)OCc1ccccc1. The number of benzene rings is 1. The second kappa shape index (κ2) is 6.47. The van der Waals surface area contributed by atoms with Gasteiger partial charge in [0.15, 0.2) is 0 Å². The van der Waals surface area contributed by atoms with E-state index in [1.807, 2.05) is 30.3 Å². The van der Waals surface area contributed by atoms with E-state index < -0.39 is 12.1 Å². The molecule has 1 fully saturated rings. The zero-order chi connectivity index (χ0) is 13.7. The Balaban J connectivity index is 1.90. The minimum atomic E-state index is -0.472. The molecule has 0 spiro atoms. The lowest BCUT2D eigenvalue weighted by atomic mass is 10.2. The van der Waals surface area contributed by atoms with Crippen molar-refractivity contribution in [3.8, 4) is 0 Å². The van der Waals surface area contributed by atoms with Gasteiger partial charge in [-0.15, -0.1) is 0 Å². The molecule has 1 aromatic carbocycles. The molecule has 1 unspecified atom stereocenters. The zero-order valence-electron chi connectivity index (χ0n) is 10.4. The van der Waals surface area contributed by atoms with Gasteiger partial charge in [-0.2, -0.15) is 0 Å². The summed E-state index contributed by atoms with van der Waals surface area (Å²) >= 11 is 3.73. The number of likely N-dealkylation sites (tertiary alicyclic amines) is 1. The molecule has 5 nitrogen and oxygen atoms in total. The number of nitrogens with one attached hydrogen (secondary N) is 1. The normalized spacial score (nSPS) is 18.2. The van der Waals surface area contributed by atoms with Crippen LogP contribution in [0.4, 0.5) is 4.79 Å². The van der Waals surface area contributed by atoms with Gasteiger partial charge in [0.05, 0.1) is 0 Å². The minimum Gasteiger partial charge on any atom is -0.445 e. The van der Waals surface area contributed by atoms with Crippen molar-refractivity contribution in [1.82, 2.24) is 9.62 Å². The topological polar surface area (TPSA) is 58.6 Å². The molecule has 6 heteroatoms. The van der Waals surface area contributed by atoms with Crippen LogP contribution in [0.25, 0.3) is 0 Å². The summed E-state index contributed by atoms with van der Waals surface area (Å²) in [5.41, 5.74) is 0.922. The Labute approximate surface area is 117 Å². The first kappa shape index (κ1) is 13.7. The summed E-state index contributed by atoms with van der Waals surface area (Å²) in [5.74, 6) is -0.266. The summed E-state index contributed by atoms with van der Waals surface area (Å²) in [6, 6.07) is 8.97. The second-order valence-corrected chi connectivity index (χ2v) is 4.59. The lowest BCUT2D eigenvalue weighted by Crippen LogP contribution is -2.43. The van der Waals surface area contributed by atoms with Gasteiger partial charge in [-0.25, -0.2) is 4.79 Å². The summed E-state index contributed by atoms with van der Waals surface area (Å²) in [6.45, 7) is 0.755. The van der Waals surface area contributed by atoms with Gasteiger partial charge in [0.2, 0.25) is 0 Å². The monoisotopic (exact) mass is 280 g/mol. The van der Waals surface area contributed by atoms with Crippen molar-refractivity contribution in [1.29, 1.82) is 0 Å². The van der Waals surface area contributed by atoms with Crippen LogP contribution in [0.1, 0.15) is 18.4 Å². The van der Waals surface area contributed by atoms with E-state index in [1.165, 1.54) is 4.90 Å². The van der Waals surface area contributed by atoms with E-state index in [9.17, 15) is 9.59 Å². The molecule has 1 aliphatic rings. The molecule has 0 bridgehead atoms. The molecule has 19 heavy (non-hydrogen) atoms. The van der Waals surface area contributed by atoms with Crippen molar-refractivity contribution >= 4 is 24.8 Å². The van der Waals surface area contributed by atoms with E-state index in [2.05, 4.69) is 17.5 Å². The molecule has 1 heterocycles. The fourth-order valence-corrected chi connectivity index (χ4v) is 2.28.